The van der Waals surface area contributed by atoms with Gasteiger partial charge in [0.05, 0.1) is 5.02 Å². The molecular weight excluding hydrogens is 238 g/mol. The molecule has 15 heavy (non-hydrogen) atoms. The van der Waals surface area contributed by atoms with Gasteiger partial charge < -0.3 is 10.8 Å². The second-order valence-corrected chi connectivity index (χ2v) is 3.46. The van der Waals surface area contributed by atoms with Crippen LogP contribution in [0.2, 0.25) is 5.02 Å². The predicted molar refractivity (Wildman–Crippen MR) is 60.5 cm³/mol. The van der Waals surface area contributed by atoms with Gasteiger partial charge in [-0.3, -0.25) is 15.6 Å². The fourth-order valence-electron chi connectivity index (χ4n) is 0.839. The van der Waals surface area contributed by atoms with Gasteiger partial charge in [0.1, 0.15) is 5.75 Å². The average Bonchev–Trinajstić information content (AvgIpc) is 2.18. The number of hydrogen-bond donors (Lipinski definition) is 4. The van der Waals surface area contributed by atoms with E-state index in [2.05, 4.69) is 23.1 Å². The molecule has 7 heteroatoms. The van der Waals surface area contributed by atoms with Crippen LogP contribution in [-0.4, -0.2) is 16.1 Å². The van der Waals surface area contributed by atoms with E-state index in [9.17, 15) is 4.79 Å². The molecule has 0 saturated carbocycles. The van der Waals surface area contributed by atoms with Crippen LogP contribution in [0.5, 0.6) is 5.75 Å². The summed E-state index contributed by atoms with van der Waals surface area (Å²) in [6.07, 6.45) is 0. The summed E-state index contributed by atoms with van der Waals surface area (Å²) >= 11 is 10.1. The number of carbonyl (C=O) groups excluding carboxylic acids is 1. The zero-order chi connectivity index (χ0) is 11.4. The van der Waals surface area contributed by atoms with Gasteiger partial charge in [-0.2, -0.15) is 0 Å². The minimum Gasteiger partial charge on any atom is -0.506 e. The van der Waals surface area contributed by atoms with E-state index >= 15 is 0 Å². The molecule has 0 aliphatic heterocycles. The van der Waals surface area contributed by atoms with Crippen molar-refractivity contribution in [2.45, 2.75) is 0 Å². The van der Waals surface area contributed by atoms with Crippen molar-refractivity contribution in [3.63, 3.8) is 0 Å². The van der Waals surface area contributed by atoms with Crippen LogP contribution >= 0.6 is 23.8 Å². The van der Waals surface area contributed by atoms with E-state index in [0.717, 1.165) is 0 Å². The molecular formula is C8H8ClN3O2S. The third-order valence-electron chi connectivity index (χ3n) is 1.51. The van der Waals surface area contributed by atoms with E-state index in [-0.39, 0.29) is 21.4 Å². The molecule has 0 bridgehead atoms. The average molecular weight is 246 g/mol. The Balaban J connectivity index is 2.74. The van der Waals surface area contributed by atoms with E-state index in [1.807, 2.05) is 0 Å². The third kappa shape index (κ3) is 3.26. The maximum Gasteiger partial charge on any atom is 0.269 e. The fourth-order valence-corrected chi connectivity index (χ4v) is 1.07. The van der Waals surface area contributed by atoms with Gasteiger partial charge >= 0.3 is 0 Å². The molecule has 0 saturated heterocycles. The van der Waals surface area contributed by atoms with Crippen molar-refractivity contribution in [3.05, 3.63) is 28.8 Å². The lowest BCUT2D eigenvalue weighted by Crippen LogP contribution is -2.44. The Bertz CT molecular complexity index is 411. The number of phenols is 1. The van der Waals surface area contributed by atoms with E-state index in [1.54, 1.807) is 0 Å². The van der Waals surface area contributed by atoms with Gasteiger partial charge in [-0.15, -0.1) is 0 Å². The number of aromatic hydroxyl groups is 1. The summed E-state index contributed by atoms with van der Waals surface area (Å²) in [5.74, 6) is -0.541. The van der Waals surface area contributed by atoms with Crippen LogP contribution in [0.3, 0.4) is 0 Å². The number of nitrogens with two attached hydrogens (primary N) is 1. The van der Waals surface area contributed by atoms with Crippen molar-refractivity contribution >= 4 is 34.8 Å². The van der Waals surface area contributed by atoms with E-state index in [0.29, 0.717) is 0 Å². The summed E-state index contributed by atoms with van der Waals surface area (Å²) in [5, 5.41) is 9.17. The normalized spacial score (nSPS) is 9.40. The summed E-state index contributed by atoms with van der Waals surface area (Å²) in [6, 6.07) is 4.06. The zero-order valence-corrected chi connectivity index (χ0v) is 9.02. The summed E-state index contributed by atoms with van der Waals surface area (Å²) < 4.78 is 0. The highest BCUT2D eigenvalue weighted by atomic mass is 35.5. The first kappa shape index (κ1) is 11.5. The molecule has 0 fully saturated rings. The lowest BCUT2D eigenvalue weighted by Gasteiger charge is -2.06. The number of thiocarbonyl (C=S) groups is 1. The summed E-state index contributed by atoms with van der Waals surface area (Å²) in [7, 11) is 0. The molecule has 0 aliphatic carbocycles. The number of hydrazine groups is 1. The first-order chi connectivity index (χ1) is 7.00. The number of nitrogens with one attached hydrogen (secondary N) is 2. The van der Waals surface area contributed by atoms with Crippen LogP contribution in [0, 0.1) is 0 Å². The minimum atomic E-state index is -0.454. The lowest BCUT2D eigenvalue weighted by atomic mass is 10.2. The van der Waals surface area contributed by atoms with Crippen LogP contribution in [0.25, 0.3) is 0 Å². The van der Waals surface area contributed by atoms with Crippen LogP contribution in [0.1, 0.15) is 10.4 Å². The fraction of sp³-hybridized carbons (Fsp3) is 0. The van der Waals surface area contributed by atoms with Crippen LogP contribution in [-0.2, 0) is 0 Å². The van der Waals surface area contributed by atoms with E-state index < -0.39 is 5.91 Å². The monoisotopic (exact) mass is 245 g/mol. The number of rotatable bonds is 1. The van der Waals surface area contributed by atoms with Gasteiger partial charge in [-0.25, -0.2) is 0 Å². The lowest BCUT2D eigenvalue weighted by molar-refractivity contribution is 0.0944. The molecule has 80 valence electrons. The Hall–Kier alpha value is -1.53. The van der Waals surface area contributed by atoms with Gasteiger partial charge in [0.2, 0.25) is 0 Å². The molecule has 0 spiro atoms. The summed E-state index contributed by atoms with van der Waals surface area (Å²) in [5.41, 5.74) is 9.92. The van der Waals surface area contributed by atoms with Gasteiger partial charge in [0.15, 0.2) is 5.11 Å². The molecule has 0 unspecified atom stereocenters. The highest BCUT2D eigenvalue weighted by Crippen LogP contribution is 2.23. The number of halogens is 1. The van der Waals surface area contributed by atoms with Crippen molar-refractivity contribution in [1.82, 2.24) is 10.9 Å². The molecule has 0 atom stereocenters. The topological polar surface area (TPSA) is 87.4 Å². The largest absolute Gasteiger partial charge is 0.506 e. The van der Waals surface area contributed by atoms with Gasteiger partial charge in [0.25, 0.3) is 5.91 Å². The first-order valence-electron chi connectivity index (χ1n) is 3.85. The Morgan fingerprint density at radius 3 is 2.67 bits per heavy atom. The summed E-state index contributed by atoms with van der Waals surface area (Å²) in [4.78, 5) is 11.4. The second-order valence-electron chi connectivity index (χ2n) is 2.61. The molecule has 1 rings (SSSR count). The maximum absolute atomic E-state index is 11.4. The predicted octanol–water partition coefficient (Wildman–Crippen LogP) is 0.524. The van der Waals surface area contributed by atoms with E-state index in [4.69, 9.17) is 22.4 Å². The van der Waals surface area contributed by atoms with Crippen LogP contribution in [0.15, 0.2) is 18.2 Å². The standard InChI is InChI=1S/C8H8ClN3O2S/c9-5-3-4(1-2-6(5)13)7(14)11-12-8(10)15/h1-3,13H,(H,11,14)(H3,10,12,15). The third-order valence-corrected chi connectivity index (χ3v) is 1.91. The smallest absolute Gasteiger partial charge is 0.269 e. The molecule has 0 heterocycles. The van der Waals surface area contributed by atoms with E-state index in [1.165, 1.54) is 18.2 Å². The quantitative estimate of drug-likeness (QED) is 0.428. The van der Waals surface area contributed by atoms with Crippen molar-refractivity contribution in [2.24, 2.45) is 5.73 Å². The van der Waals surface area contributed by atoms with Crippen LogP contribution < -0.4 is 16.6 Å². The van der Waals surface area contributed by atoms with Gasteiger partial charge in [-0.05, 0) is 30.4 Å². The van der Waals surface area contributed by atoms with Gasteiger partial charge in [0, 0.05) is 5.56 Å². The molecule has 0 radical (unpaired) electrons. The molecule has 5 N–H and O–H groups in total. The molecule has 1 aromatic rings. The Kier molecular flexibility index (Phi) is 3.70. The number of hydrogen-bond acceptors (Lipinski definition) is 3. The SMILES string of the molecule is NC(=S)NNC(=O)c1ccc(O)c(Cl)c1. The number of benzene rings is 1. The number of amides is 1. The Labute approximate surface area is 96.2 Å². The van der Waals surface area contributed by atoms with Gasteiger partial charge in [-0.1, -0.05) is 11.6 Å². The minimum absolute atomic E-state index is 0.0479. The van der Waals surface area contributed by atoms with Crippen molar-refractivity contribution in [1.29, 1.82) is 0 Å². The molecule has 1 amide bonds. The van der Waals surface area contributed by atoms with Crippen LogP contribution in [0.4, 0.5) is 0 Å². The highest BCUT2D eigenvalue weighted by Gasteiger charge is 2.07. The molecule has 1 aromatic carbocycles. The highest BCUT2D eigenvalue weighted by molar-refractivity contribution is 7.80. The Morgan fingerprint density at radius 1 is 1.47 bits per heavy atom. The van der Waals surface area contributed by atoms with Crippen molar-refractivity contribution < 1.29 is 9.90 Å². The zero-order valence-electron chi connectivity index (χ0n) is 7.45. The molecule has 0 aromatic heterocycles. The summed E-state index contributed by atoms with van der Waals surface area (Å²) in [6.45, 7) is 0. The second kappa shape index (κ2) is 4.81. The maximum atomic E-state index is 11.4. The Morgan fingerprint density at radius 2 is 2.13 bits per heavy atom. The first-order valence-corrected chi connectivity index (χ1v) is 4.63. The van der Waals surface area contributed by atoms with Crippen molar-refractivity contribution in [3.8, 4) is 5.75 Å². The number of phenolic OH excluding ortho intramolecular Hbond substituents is 1. The molecule has 0 aliphatic rings. The van der Waals surface area contributed by atoms with Crippen molar-refractivity contribution in [2.75, 3.05) is 0 Å². The molecule has 5 nitrogen and oxygen atoms in total. The number of carbonyl (C=O) groups is 1.